The van der Waals surface area contributed by atoms with E-state index in [2.05, 4.69) is 6.58 Å². The predicted octanol–water partition coefficient (Wildman–Crippen LogP) is 5.57. The van der Waals surface area contributed by atoms with Crippen LogP contribution in [0.5, 0.6) is 17.2 Å². The van der Waals surface area contributed by atoms with Gasteiger partial charge in [-0.25, -0.2) is 4.79 Å². The molecule has 0 aliphatic carbocycles. The van der Waals surface area contributed by atoms with Crippen LogP contribution >= 0.6 is 0 Å². The van der Waals surface area contributed by atoms with Gasteiger partial charge in [-0.3, -0.25) is 4.79 Å². The molecule has 3 N–H and O–H groups in total. The summed E-state index contributed by atoms with van der Waals surface area (Å²) in [5.74, 6) is -1.60. The van der Waals surface area contributed by atoms with Crippen molar-refractivity contribution in [3.05, 3.63) is 65.2 Å². The van der Waals surface area contributed by atoms with E-state index in [9.17, 15) is 19.8 Å². The lowest BCUT2D eigenvalue weighted by molar-refractivity contribution is -0.152. The van der Waals surface area contributed by atoms with Crippen molar-refractivity contribution < 1.29 is 29.6 Å². The molecule has 0 aliphatic rings. The third-order valence-electron chi connectivity index (χ3n) is 4.95. The first-order valence-corrected chi connectivity index (χ1v) is 10.1. The number of phenolic OH excluding ortho intramolecular Hbond substituents is 2. The molecule has 6 heteroatoms. The molecular formula is C26H30O6. The standard InChI is InChI=1S/C26H30O6/c1-15(2)19-12-16(13-20(23(19)29)25(3,4)5)8-11-21(27)18-10-9-17(14-22(18)28)32-26(6,7)24(30)31/h8-14,28-29H,1H2,2-7H3,(H,30,31)/b11-8+. The molecular weight excluding hydrogens is 408 g/mol. The first-order valence-electron chi connectivity index (χ1n) is 10.1. The van der Waals surface area contributed by atoms with E-state index in [0.717, 1.165) is 5.56 Å². The molecule has 0 atom stereocenters. The van der Waals surface area contributed by atoms with Crippen molar-refractivity contribution in [2.75, 3.05) is 0 Å². The fourth-order valence-electron chi connectivity index (χ4n) is 3.03. The van der Waals surface area contributed by atoms with Gasteiger partial charge in [0.1, 0.15) is 17.2 Å². The summed E-state index contributed by atoms with van der Waals surface area (Å²) in [6.07, 6.45) is 2.94. The average Bonchev–Trinajstić information content (AvgIpc) is 2.65. The number of carbonyl (C=O) groups excluding carboxylic acids is 1. The lowest BCUT2D eigenvalue weighted by atomic mass is 9.83. The summed E-state index contributed by atoms with van der Waals surface area (Å²) in [4.78, 5) is 23.9. The number of allylic oxidation sites excluding steroid dienone is 2. The Kier molecular flexibility index (Phi) is 6.88. The molecule has 2 aromatic rings. The minimum absolute atomic E-state index is 0.0525. The molecule has 0 unspecified atom stereocenters. The number of ketones is 1. The van der Waals surface area contributed by atoms with E-state index in [4.69, 9.17) is 9.84 Å². The van der Waals surface area contributed by atoms with Crippen molar-refractivity contribution in [3.63, 3.8) is 0 Å². The molecule has 0 saturated carbocycles. The number of aromatic hydroxyl groups is 2. The Morgan fingerprint density at radius 2 is 1.62 bits per heavy atom. The van der Waals surface area contributed by atoms with Crippen molar-refractivity contribution in [1.82, 2.24) is 0 Å². The predicted molar refractivity (Wildman–Crippen MR) is 125 cm³/mol. The molecule has 32 heavy (non-hydrogen) atoms. The zero-order chi connectivity index (χ0) is 24.4. The van der Waals surface area contributed by atoms with Gasteiger partial charge in [-0.15, -0.1) is 0 Å². The van der Waals surface area contributed by atoms with Crippen LogP contribution < -0.4 is 4.74 Å². The monoisotopic (exact) mass is 438 g/mol. The molecule has 6 nitrogen and oxygen atoms in total. The van der Waals surface area contributed by atoms with Gasteiger partial charge in [0.15, 0.2) is 11.4 Å². The highest BCUT2D eigenvalue weighted by Crippen LogP contribution is 2.37. The first-order chi connectivity index (χ1) is 14.6. The van der Waals surface area contributed by atoms with Gasteiger partial charge in [0, 0.05) is 17.2 Å². The number of carboxylic acid groups (broad SMARTS) is 1. The quantitative estimate of drug-likeness (QED) is 0.386. The van der Waals surface area contributed by atoms with Gasteiger partial charge in [-0.05, 0) is 67.7 Å². The Morgan fingerprint density at radius 3 is 2.12 bits per heavy atom. The van der Waals surface area contributed by atoms with E-state index < -0.39 is 17.4 Å². The van der Waals surface area contributed by atoms with Crippen LogP contribution in [-0.4, -0.2) is 32.7 Å². The van der Waals surface area contributed by atoms with Crippen LogP contribution in [0.4, 0.5) is 0 Å². The second-order valence-electron chi connectivity index (χ2n) is 9.29. The van der Waals surface area contributed by atoms with Gasteiger partial charge in [-0.2, -0.15) is 0 Å². The number of ether oxygens (including phenoxy) is 1. The minimum Gasteiger partial charge on any atom is -0.507 e. The van der Waals surface area contributed by atoms with E-state index in [1.54, 1.807) is 19.1 Å². The average molecular weight is 439 g/mol. The molecule has 0 aliphatic heterocycles. The number of aliphatic carboxylic acids is 1. The van der Waals surface area contributed by atoms with E-state index in [0.29, 0.717) is 16.7 Å². The number of rotatable bonds is 7. The second kappa shape index (κ2) is 8.91. The zero-order valence-electron chi connectivity index (χ0n) is 19.3. The normalized spacial score (nSPS) is 12.1. The molecule has 0 aromatic heterocycles. The van der Waals surface area contributed by atoms with Crippen LogP contribution in [-0.2, 0) is 10.2 Å². The van der Waals surface area contributed by atoms with E-state index in [1.807, 2.05) is 26.8 Å². The summed E-state index contributed by atoms with van der Waals surface area (Å²) >= 11 is 0. The van der Waals surface area contributed by atoms with Gasteiger partial charge in [-0.1, -0.05) is 33.4 Å². The Morgan fingerprint density at radius 1 is 1.00 bits per heavy atom. The highest BCUT2D eigenvalue weighted by Gasteiger charge is 2.29. The van der Waals surface area contributed by atoms with Crippen molar-refractivity contribution in [2.24, 2.45) is 0 Å². The van der Waals surface area contributed by atoms with Crippen LogP contribution in [0, 0.1) is 0 Å². The number of hydrogen-bond donors (Lipinski definition) is 3. The molecule has 170 valence electrons. The maximum Gasteiger partial charge on any atom is 0.347 e. The molecule has 2 rings (SSSR count). The van der Waals surface area contributed by atoms with Crippen LogP contribution in [0.3, 0.4) is 0 Å². The minimum atomic E-state index is -1.48. The Balaban J connectivity index is 2.35. The van der Waals surface area contributed by atoms with E-state index >= 15 is 0 Å². The van der Waals surface area contributed by atoms with Gasteiger partial charge >= 0.3 is 5.97 Å². The van der Waals surface area contributed by atoms with Crippen LogP contribution in [0.1, 0.15) is 68.6 Å². The summed E-state index contributed by atoms with van der Waals surface area (Å²) < 4.78 is 5.38. The van der Waals surface area contributed by atoms with Crippen molar-refractivity contribution in [1.29, 1.82) is 0 Å². The number of carboxylic acids is 1. The number of carbonyl (C=O) groups is 2. The Labute approximate surface area is 188 Å². The number of hydrogen-bond acceptors (Lipinski definition) is 5. The van der Waals surface area contributed by atoms with Gasteiger partial charge in [0.05, 0.1) is 5.56 Å². The zero-order valence-corrected chi connectivity index (χ0v) is 19.3. The molecule has 0 amide bonds. The number of phenols is 2. The fourth-order valence-corrected chi connectivity index (χ4v) is 3.03. The third-order valence-corrected chi connectivity index (χ3v) is 4.95. The molecule has 2 aromatic carbocycles. The first kappa shape index (κ1) is 24.7. The van der Waals surface area contributed by atoms with Crippen LogP contribution in [0.2, 0.25) is 0 Å². The van der Waals surface area contributed by atoms with Crippen LogP contribution in [0.25, 0.3) is 11.6 Å². The SMILES string of the molecule is C=C(C)c1cc(/C=C/C(=O)c2ccc(OC(C)(C)C(=O)O)cc2O)cc(C(C)(C)C)c1O. The largest absolute Gasteiger partial charge is 0.507 e. The maximum atomic E-state index is 12.7. The van der Waals surface area contributed by atoms with Gasteiger partial charge in [0.25, 0.3) is 0 Å². The molecule has 0 saturated heterocycles. The Bertz CT molecular complexity index is 1100. The van der Waals surface area contributed by atoms with Crippen molar-refractivity contribution in [2.45, 2.75) is 52.6 Å². The molecule has 0 spiro atoms. The van der Waals surface area contributed by atoms with E-state index in [1.165, 1.54) is 38.1 Å². The lowest BCUT2D eigenvalue weighted by Gasteiger charge is -2.23. The molecule has 0 radical (unpaired) electrons. The van der Waals surface area contributed by atoms with Crippen molar-refractivity contribution in [3.8, 4) is 17.2 Å². The summed E-state index contributed by atoms with van der Waals surface area (Å²) in [6, 6.07) is 7.59. The highest BCUT2D eigenvalue weighted by atomic mass is 16.5. The summed E-state index contributed by atoms with van der Waals surface area (Å²) in [5, 5.41) is 30.1. The molecule has 0 bridgehead atoms. The molecule has 0 heterocycles. The topological polar surface area (TPSA) is 104 Å². The van der Waals surface area contributed by atoms with E-state index in [-0.39, 0.29) is 28.2 Å². The smallest absolute Gasteiger partial charge is 0.347 e. The lowest BCUT2D eigenvalue weighted by Crippen LogP contribution is -2.37. The Hall–Kier alpha value is -3.54. The summed E-state index contributed by atoms with van der Waals surface area (Å²) in [6.45, 7) is 14.4. The summed E-state index contributed by atoms with van der Waals surface area (Å²) in [7, 11) is 0. The maximum absolute atomic E-state index is 12.7. The van der Waals surface area contributed by atoms with Crippen LogP contribution in [0.15, 0.2) is 43.0 Å². The number of benzene rings is 2. The third kappa shape index (κ3) is 5.58. The second-order valence-corrected chi connectivity index (χ2v) is 9.29. The highest BCUT2D eigenvalue weighted by molar-refractivity contribution is 6.08. The fraction of sp³-hybridized carbons (Fsp3) is 0.308. The van der Waals surface area contributed by atoms with Gasteiger partial charge in [0.2, 0.25) is 0 Å². The van der Waals surface area contributed by atoms with Crippen molar-refractivity contribution >= 4 is 23.4 Å². The van der Waals surface area contributed by atoms with Gasteiger partial charge < -0.3 is 20.1 Å². The summed E-state index contributed by atoms with van der Waals surface area (Å²) in [5.41, 5.74) is 0.999. The molecule has 0 fully saturated rings.